The normalized spacial score (nSPS) is 14.5. The first-order chi connectivity index (χ1) is 7.54. The molecule has 0 saturated heterocycles. The van der Waals surface area contributed by atoms with E-state index in [2.05, 4.69) is 5.32 Å². The Morgan fingerprint density at radius 3 is 2.75 bits per heavy atom. The minimum atomic E-state index is -0.309. The van der Waals surface area contributed by atoms with Gasteiger partial charge in [-0.25, -0.2) is 0 Å². The molecule has 0 spiro atoms. The lowest BCUT2D eigenvalue weighted by Crippen LogP contribution is -2.36. The topological polar surface area (TPSA) is 38.3 Å². The lowest BCUT2D eigenvalue weighted by atomic mass is 10.2. The summed E-state index contributed by atoms with van der Waals surface area (Å²) in [6.45, 7) is 6.00. The van der Waals surface area contributed by atoms with Gasteiger partial charge in [-0.2, -0.15) is 0 Å². The molecule has 0 bridgehead atoms. The Hall–Kier alpha value is -0.580. The molecule has 90 valence electrons. The molecule has 1 heterocycles. The lowest BCUT2D eigenvalue weighted by molar-refractivity contribution is -0.145. The first-order valence-electron chi connectivity index (χ1n) is 5.22. The fourth-order valence-electron chi connectivity index (χ4n) is 1.35. The van der Waals surface area contributed by atoms with E-state index in [1.165, 1.54) is 11.3 Å². The maximum absolute atomic E-state index is 11.4. The molecule has 0 aliphatic rings. The Kier molecular flexibility index (Phi) is 5.25. The van der Waals surface area contributed by atoms with Crippen LogP contribution in [0.15, 0.2) is 12.1 Å². The van der Waals surface area contributed by atoms with Crippen LogP contribution in [0.4, 0.5) is 0 Å². The third-order valence-corrected chi connectivity index (χ3v) is 3.57. The lowest BCUT2D eigenvalue weighted by Gasteiger charge is -2.17. The van der Waals surface area contributed by atoms with Crippen LogP contribution in [0.1, 0.15) is 31.7 Å². The zero-order valence-electron chi connectivity index (χ0n) is 9.62. The number of hydrogen-bond donors (Lipinski definition) is 1. The third-order valence-electron chi connectivity index (χ3n) is 2.16. The van der Waals surface area contributed by atoms with Gasteiger partial charge < -0.3 is 4.74 Å². The summed E-state index contributed by atoms with van der Waals surface area (Å²) in [4.78, 5) is 12.5. The molecule has 2 unspecified atom stereocenters. The summed E-state index contributed by atoms with van der Waals surface area (Å²) in [6, 6.07) is 3.60. The summed E-state index contributed by atoms with van der Waals surface area (Å²) >= 11 is 7.37. The van der Waals surface area contributed by atoms with E-state index >= 15 is 0 Å². The molecule has 0 saturated carbocycles. The molecular weight excluding hydrogens is 246 g/mol. The standard InChI is InChI=1S/C11H16ClNO2S/c1-4-15-11(14)8(3)13-7(2)9-5-6-10(12)16-9/h5-8,13H,4H2,1-3H3. The molecule has 0 aliphatic carbocycles. The largest absolute Gasteiger partial charge is 0.465 e. The predicted octanol–water partition coefficient (Wildman–Crippen LogP) is 3.00. The van der Waals surface area contributed by atoms with E-state index < -0.39 is 0 Å². The number of ether oxygens (including phenoxy) is 1. The number of esters is 1. The van der Waals surface area contributed by atoms with E-state index in [-0.39, 0.29) is 18.1 Å². The van der Waals surface area contributed by atoms with Crippen LogP contribution < -0.4 is 5.32 Å². The highest BCUT2D eigenvalue weighted by molar-refractivity contribution is 7.16. The van der Waals surface area contributed by atoms with Gasteiger partial charge in [0.25, 0.3) is 0 Å². The highest BCUT2D eigenvalue weighted by atomic mass is 35.5. The Morgan fingerprint density at radius 1 is 1.56 bits per heavy atom. The Morgan fingerprint density at radius 2 is 2.25 bits per heavy atom. The number of carbonyl (C=O) groups is 1. The van der Waals surface area contributed by atoms with E-state index in [1.54, 1.807) is 13.8 Å². The number of nitrogens with one attached hydrogen (secondary N) is 1. The number of carbonyl (C=O) groups excluding carboxylic acids is 1. The van der Waals surface area contributed by atoms with Crippen LogP contribution in [0.2, 0.25) is 4.34 Å². The van der Waals surface area contributed by atoms with Crippen molar-refractivity contribution in [2.24, 2.45) is 0 Å². The molecular formula is C11H16ClNO2S. The van der Waals surface area contributed by atoms with Crippen molar-refractivity contribution in [3.05, 3.63) is 21.3 Å². The van der Waals surface area contributed by atoms with Crippen LogP contribution in [0.5, 0.6) is 0 Å². The fraction of sp³-hybridized carbons (Fsp3) is 0.545. The predicted molar refractivity (Wildman–Crippen MR) is 67.0 cm³/mol. The van der Waals surface area contributed by atoms with Crippen LogP contribution in [0, 0.1) is 0 Å². The van der Waals surface area contributed by atoms with Crippen LogP contribution in [0.25, 0.3) is 0 Å². The minimum Gasteiger partial charge on any atom is -0.465 e. The zero-order valence-corrected chi connectivity index (χ0v) is 11.2. The van der Waals surface area contributed by atoms with E-state index in [4.69, 9.17) is 16.3 Å². The summed E-state index contributed by atoms with van der Waals surface area (Å²) in [5.41, 5.74) is 0. The molecule has 5 heteroatoms. The van der Waals surface area contributed by atoms with Gasteiger partial charge in [0.1, 0.15) is 6.04 Å². The van der Waals surface area contributed by atoms with Crippen molar-refractivity contribution < 1.29 is 9.53 Å². The van der Waals surface area contributed by atoms with Gasteiger partial charge in [-0.15, -0.1) is 11.3 Å². The molecule has 2 atom stereocenters. The first kappa shape index (κ1) is 13.5. The Labute approximate surface area is 105 Å². The van der Waals surface area contributed by atoms with Gasteiger partial charge >= 0.3 is 5.97 Å². The van der Waals surface area contributed by atoms with Gasteiger partial charge in [-0.05, 0) is 32.9 Å². The van der Waals surface area contributed by atoms with Crippen molar-refractivity contribution in [3.8, 4) is 0 Å². The summed E-state index contributed by atoms with van der Waals surface area (Å²) in [5, 5.41) is 3.17. The average molecular weight is 262 g/mol. The quantitative estimate of drug-likeness (QED) is 0.828. The summed E-state index contributed by atoms with van der Waals surface area (Å²) in [6.07, 6.45) is 0. The molecule has 0 amide bonds. The van der Waals surface area contributed by atoms with Crippen molar-refractivity contribution in [2.45, 2.75) is 32.9 Å². The van der Waals surface area contributed by atoms with Gasteiger partial charge in [0.2, 0.25) is 0 Å². The second-order valence-electron chi connectivity index (χ2n) is 3.50. The highest BCUT2D eigenvalue weighted by Gasteiger charge is 2.17. The van der Waals surface area contributed by atoms with Gasteiger partial charge in [0, 0.05) is 10.9 Å². The molecule has 0 aliphatic heterocycles. The average Bonchev–Trinajstić information content (AvgIpc) is 2.65. The molecule has 3 nitrogen and oxygen atoms in total. The summed E-state index contributed by atoms with van der Waals surface area (Å²) in [5.74, 6) is -0.225. The number of rotatable bonds is 5. The van der Waals surface area contributed by atoms with Gasteiger partial charge in [0.15, 0.2) is 0 Å². The molecule has 16 heavy (non-hydrogen) atoms. The molecule has 0 fully saturated rings. The van der Waals surface area contributed by atoms with E-state index in [1.807, 2.05) is 19.1 Å². The smallest absolute Gasteiger partial charge is 0.322 e. The molecule has 1 aromatic rings. The Balaban J connectivity index is 2.51. The molecule has 1 N–H and O–H groups in total. The van der Waals surface area contributed by atoms with Crippen molar-refractivity contribution in [2.75, 3.05) is 6.61 Å². The van der Waals surface area contributed by atoms with Crippen LogP contribution in [0.3, 0.4) is 0 Å². The SMILES string of the molecule is CCOC(=O)C(C)NC(C)c1ccc(Cl)s1. The second-order valence-corrected chi connectivity index (χ2v) is 5.25. The molecule has 1 aromatic heterocycles. The Bertz CT molecular complexity index is 354. The van der Waals surface area contributed by atoms with E-state index in [0.717, 1.165) is 9.21 Å². The van der Waals surface area contributed by atoms with Crippen molar-refractivity contribution in [1.82, 2.24) is 5.32 Å². The molecule has 1 rings (SSSR count). The zero-order chi connectivity index (χ0) is 12.1. The van der Waals surface area contributed by atoms with Crippen molar-refractivity contribution in [1.29, 1.82) is 0 Å². The van der Waals surface area contributed by atoms with E-state index in [9.17, 15) is 4.79 Å². The van der Waals surface area contributed by atoms with Crippen LogP contribution in [-0.4, -0.2) is 18.6 Å². The number of thiophene rings is 1. The highest BCUT2D eigenvalue weighted by Crippen LogP contribution is 2.26. The van der Waals surface area contributed by atoms with E-state index in [0.29, 0.717) is 6.61 Å². The van der Waals surface area contributed by atoms with Crippen molar-refractivity contribution >= 4 is 28.9 Å². The maximum atomic E-state index is 11.4. The second kappa shape index (κ2) is 6.23. The molecule has 0 radical (unpaired) electrons. The number of halogens is 1. The number of hydrogen-bond acceptors (Lipinski definition) is 4. The summed E-state index contributed by atoms with van der Waals surface area (Å²) in [7, 11) is 0. The van der Waals surface area contributed by atoms with Crippen LogP contribution in [-0.2, 0) is 9.53 Å². The fourth-order valence-corrected chi connectivity index (χ4v) is 2.43. The van der Waals surface area contributed by atoms with Crippen molar-refractivity contribution in [3.63, 3.8) is 0 Å². The summed E-state index contributed by atoms with van der Waals surface area (Å²) < 4.78 is 5.68. The monoisotopic (exact) mass is 261 g/mol. The molecule has 0 aromatic carbocycles. The minimum absolute atomic E-state index is 0.0944. The van der Waals surface area contributed by atoms with Gasteiger partial charge in [-0.3, -0.25) is 10.1 Å². The van der Waals surface area contributed by atoms with Gasteiger partial charge in [-0.1, -0.05) is 11.6 Å². The van der Waals surface area contributed by atoms with Crippen LogP contribution >= 0.6 is 22.9 Å². The third kappa shape index (κ3) is 3.77. The van der Waals surface area contributed by atoms with Gasteiger partial charge in [0.05, 0.1) is 10.9 Å². The maximum Gasteiger partial charge on any atom is 0.322 e. The first-order valence-corrected chi connectivity index (χ1v) is 6.42.